The topological polar surface area (TPSA) is 92.7 Å². The van der Waals surface area contributed by atoms with Crippen LogP contribution in [0.3, 0.4) is 0 Å². The number of nitrogens with one attached hydrogen (secondary N) is 1. The van der Waals surface area contributed by atoms with Crippen molar-refractivity contribution in [2.45, 2.75) is 32.2 Å². The van der Waals surface area contributed by atoms with Gasteiger partial charge in [0, 0.05) is 25.5 Å². The molecular weight excluding hydrogens is 286 g/mol. The number of carbonyl (C=O) groups is 3. The summed E-state index contributed by atoms with van der Waals surface area (Å²) >= 11 is 0. The predicted molar refractivity (Wildman–Crippen MR) is 80.8 cm³/mol. The Morgan fingerprint density at radius 3 is 2.27 bits per heavy atom. The number of methoxy groups -OCH3 is 1. The predicted octanol–water partition coefficient (Wildman–Crippen LogP) is 1.56. The quantitative estimate of drug-likeness (QED) is 0.711. The van der Waals surface area contributed by atoms with Gasteiger partial charge in [0.2, 0.25) is 5.91 Å². The van der Waals surface area contributed by atoms with E-state index < -0.39 is 17.4 Å². The van der Waals surface area contributed by atoms with E-state index in [4.69, 9.17) is 9.84 Å². The van der Waals surface area contributed by atoms with Crippen LogP contribution in [0.5, 0.6) is 0 Å². The monoisotopic (exact) mass is 307 g/mol. The first-order chi connectivity index (χ1) is 10.3. The summed E-state index contributed by atoms with van der Waals surface area (Å²) < 4.78 is 4.81. The van der Waals surface area contributed by atoms with E-state index in [1.54, 1.807) is 12.1 Å². The van der Waals surface area contributed by atoms with Crippen LogP contribution in [0.1, 0.15) is 35.7 Å². The third-order valence-electron chi connectivity index (χ3n) is 3.27. The first-order valence-corrected chi connectivity index (χ1v) is 6.91. The largest absolute Gasteiger partial charge is 0.479 e. The van der Waals surface area contributed by atoms with Crippen molar-refractivity contribution in [1.29, 1.82) is 0 Å². The molecule has 22 heavy (non-hydrogen) atoms. The van der Waals surface area contributed by atoms with Crippen LogP contribution >= 0.6 is 0 Å². The molecule has 1 unspecified atom stereocenters. The molecule has 0 aliphatic rings. The maximum absolute atomic E-state index is 12.0. The fraction of sp³-hybridized carbons (Fsp3) is 0.438. The highest BCUT2D eigenvalue weighted by atomic mass is 16.5. The molecule has 1 amide bonds. The standard InChI is InChI=1S/C16H21NO5/c1-11-4-6-12(7-5-11)13(18)8-9-14(19)17-16(2,10-22-3)15(20)21/h4-7H,8-10H2,1-3H3,(H,17,19)(H,20,21). The fourth-order valence-electron chi connectivity index (χ4n) is 1.92. The van der Waals surface area contributed by atoms with E-state index in [9.17, 15) is 14.4 Å². The minimum Gasteiger partial charge on any atom is -0.479 e. The summed E-state index contributed by atoms with van der Waals surface area (Å²) in [5.74, 6) is -1.84. The first-order valence-electron chi connectivity index (χ1n) is 6.91. The number of amides is 1. The zero-order valence-electron chi connectivity index (χ0n) is 13.0. The molecule has 0 bridgehead atoms. The van der Waals surface area contributed by atoms with Gasteiger partial charge in [-0.15, -0.1) is 0 Å². The van der Waals surface area contributed by atoms with Crippen LogP contribution < -0.4 is 5.32 Å². The van der Waals surface area contributed by atoms with Crippen molar-refractivity contribution in [3.63, 3.8) is 0 Å². The fourth-order valence-corrected chi connectivity index (χ4v) is 1.92. The summed E-state index contributed by atoms with van der Waals surface area (Å²) in [6.07, 6.45) is -0.0448. The van der Waals surface area contributed by atoms with Gasteiger partial charge in [0.05, 0.1) is 6.61 Å². The number of ketones is 1. The molecule has 1 aromatic rings. The van der Waals surface area contributed by atoms with E-state index in [0.717, 1.165) is 5.56 Å². The number of carbonyl (C=O) groups excluding carboxylic acids is 2. The summed E-state index contributed by atoms with van der Waals surface area (Å²) in [6.45, 7) is 3.13. The number of benzene rings is 1. The van der Waals surface area contributed by atoms with E-state index in [-0.39, 0.29) is 25.2 Å². The molecule has 1 atom stereocenters. The van der Waals surface area contributed by atoms with Crippen molar-refractivity contribution in [3.8, 4) is 0 Å². The lowest BCUT2D eigenvalue weighted by molar-refractivity contribution is -0.149. The molecule has 0 aliphatic carbocycles. The van der Waals surface area contributed by atoms with Crippen LogP contribution in [0.2, 0.25) is 0 Å². The molecule has 120 valence electrons. The average molecular weight is 307 g/mol. The third kappa shape index (κ3) is 4.96. The van der Waals surface area contributed by atoms with Crippen LogP contribution in [0.4, 0.5) is 0 Å². The molecule has 0 saturated carbocycles. The number of Topliss-reactive ketones (excluding diaryl/α,β-unsaturated/α-hetero) is 1. The second kappa shape index (κ2) is 7.70. The highest BCUT2D eigenvalue weighted by Crippen LogP contribution is 2.09. The van der Waals surface area contributed by atoms with Gasteiger partial charge in [0.15, 0.2) is 11.3 Å². The van der Waals surface area contributed by atoms with Gasteiger partial charge in [-0.2, -0.15) is 0 Å². The van der Waals surface area contributed by atoms with Crippen LogP contribution in [-0.2, 0) is 14.3 Å². The number of carboxylic acids is 1. The Bertz CT molecular complexity index is 552. The van der Waals surface area contributed by atoms with E-state index in [2.05, 4.69) is 5.32 Å². The summed E-state index contributed by atoms with van der Waals surface area (Å²) in [7, 11) is 1.36. The number of ether oxygens (including phenoxy) is 1. The molecule has 6 heteroatoms. The van der Waals surface area contributed by atoms with E-state index in [1.165, 1.54) is 14.0 Å². The molecule has 1 rings (SSSR count). The number of aryl methyl sites for hydroxylation is 1. The van der Waals surface area contributed by atoms with Gasteiger partial charge in [0.25, 0.3) is 0 Å². The van der Waals surface area contributed by atoms with Crippen molar-refractivity contribution in [3.05, 3.63) is 35.4 Å². The number of hydrogen-bond donors (Lipinski definition) is 2. The van der Waals surface area contributed by atoms with Gasteiger partial charge >= 0.3 is 5.97 Å². The second-order valence-electron chi connectivity index (χ2n) is 5.41. The van der Waals surface area contributed by atoms with Crippen LogP contribution in [0.25, 0.3) is 0 Å². The van der Waals surface area contributed by atoms with Crippen LogP contribution in [0, 0.1) is 6.92 Å². The third-order valence-corrected chi connectivity index (χ3v) is 3.27. The Balaban J connectivity index is 2.56. The molecule has 1 aromatic carbocycles. The number of carboxylic acid groups (broad SMARTS) is 1. The molecule has 0 aromatic heterocycles. The SMILES string of the molecule is COCC(C)(NC(=O)CCC(=O)c1ccc(C)cc1)C(=O)O. The van der Waals surface area contributed by atoms with Crippen LogP contribution in [0.15, 0.2) is 24.3 Å². The number of rotatable bonds is 8. The smallest absolute Gasteiger partial charge is 0.331 e. The van der Waals surface area contributed by atoms with Crippen LogP contribution in [-0.4, -0.2) is 42.0 Å². The molecular formula is C16H21NO5. The number of hydrogen-bond acceptors (Lipinski definition) is 4. The van der Waals surface area contributed by atoms with Gasteiger partial charge in [-0.25, -0.2) is 4.79 Å². The zero-order chi connectivity index (χ0) is 16.8. The molecule has 0 radical (unpaired) electrons. The van der Waals surface area contributed by atoms with E-state index in [0.29, 0.717) is 5.56 Å². The molecule has 0 aliphatic heterocycles. The Labute approximate surface area is 129 Å². The highest BCUT2D eigenvalue weighted by Gasteiger charge is 2.34. The Morgan fingerprint density at radius 1 is 1.18 bits per heavy atom. The Morgan fingerprint density at radius 2 is 1.77 bits per heavy atom. The average Bonchev–Trinajstić information content (AvgIpc) is 2.45. The lowest BCUT2D eigenvalue weighted by Crippen LogP contribution is -2.55. The maximum Gasteiger partial charge on any atom is 0.331 e. The molecule has 2 N–H and O–H groups in total. The lowest BCUT2D eigenvalue weighted by atomic mass is 10.0. The van der Waals surface area contributed by atoms with Gasteiger partial charge in [0.1, 0.15) is 0 Å². The maximum atomic E-state index is 12.0. The molecule has 0 fully saturated rings. The minimum absolute atomic E-state index is 0.0254. The summed E-state index contributed by atoms with van der Waals surface area (Å²) in [5.41, 5.74) is 0.0843. The highest BCUT2D eigenvalue weighted by molar-refractivity contribution is 5.98. The Hall–Kier alpha value is -2.21. The zero-order valence-corrected chi connectivity index (χ0v) is 13.0. The van der Waals surface area contributed by atoms with Gasteiger partial charge in [-0.3, -0.25) is 9.59 Å². The Kier molecular flexibility index (Phi) is 6.24. The van der Waals surface area contributed by atoms with Gasteiger partial charge in [-0.1, -0.05) is 29.8 Å². The summed E-state index contributed by atoms with van der Waals surface area (Å²) in [5, 5.41) is 11.5. The van der Waals surface area contributed by atoms with Crippen molar-refractivity contribution in [2.75, 3.05) is 13.7 Å². The van der Waals surface area contributed by atoms with Crippen molar-refractivity contribution in [2.24, 2.45) is 0 Å². The molecule has 0 spiro atoms. The van der Waals surface area contributed by atoms with E-state index >= 15 is 0 Å². The molecule has 0 saturated heterocycles. The normalized spacial score (nSPS) is 13.2. The lowest BCUT2D eigenvalue weighted by Gasteiger charge is -2.25. The van der Waals surface area contributed by atoms with E-state index in [1.807, 2.05) is 19.1 Å². The van der Waals surface area contributed by atoms with Crippen molar-refractivity contribution in [1.82, 2.24) is 5.32 Å². The van der Waals surface area contributed by atoms with Gasteiger partial charge in [-0.05, 0) is 13.8 Å². The molecule has 6 nitrogen and oxygen atoms in total. The first kappa shape index (κ1) is 17.8. The second-order valence-corrected chi connectivity index (χ2v) is 5.41. The summed E-state index contributed by atoms with van der Waals surface area (Å²) in [6, 6.07) is 7.07. The summed E-state index contributed by atoms with van der Waals surface area (Å²) in [4.78, 5) is 35.0. The minimum atomic E-state index is -1.50. The molecule has 0 heterocycles. The van der Waals surface area contributed by atoms with Crippen molar-refractivity contribution < 1.29 is 24.2 Å². The van der Waals surface area contributed by atoms with Crippen molar-refractivity contribution >= 4 is 17.7 Å². The number of aliphatic carboxylic acids is 1. The van der Waals surface area contributed by atoms with Gasteiger partial charge < -0.3 is 15.2 Å².